The molecular weight excluding hydrogens is 244 g/mol. The molecule has 1 aliphatic heterocycles. The molecule has 5 heteroatoms. The van der Waals surface area contributed by atoms with Gasteiger partial charge in [-0.1, -0.05) is 24.4 Å². The Morgan fingerprint density at radius 1 is 1.50 bits per heavy atom. The normalized spacial score (nSPS) is 20.9. The van der Waals surface area contributed by atoms with Crippen molar-refractivity contribution in [2.24, 2.45) is 0 Å². The molecule has 1 fully saturated rings. The molecule has 0 unspecified atom stereocenters. The second-order valence-electron chi connectivity index (χ2n) is 4.29. The number of halogens is 1. The number of aliphatic hydroxyl groups is 1. The fourth-order valence-corrected chi connectivity index (χ4v) is 2.34. The predicted molar refractivity (Wildman–Crippen MR) is 67.7 cm³/mol. The molecule has 1 aromatic heterocycles. The summed E-state index contributed by atoms with van der Waals surface area (Å²) < 4.78 is 1.93. The number of nitrogens with zero attached hydrogens (tertiary/aromatic N) is 2. The van der Waals surface area contributed by atoms with E-state index in [0.29, 0.717) is 24.3 Å². The Hall–Kier alpha value is -0.290. The molecule has 0 bridgehead atoms. The summed E-state index contributed by atoms with van der Waals surface area (Å²) >= 11 is 10.3. The minimum Gasteiger partial charge on any atom is -0.389 e. The first kappa shape index (κ1) is 12.2. The van der Waals surface area contributed by atoms with Gasteiger partial charge >= 0.3 is 0 Å². The lowest BCUT2D eigenvalue weighted by Crippen LogP contribution is -2.42. The van der Waals surface area contributed by atoms with Crippen molar-refractivity contribution in [2.45, 2.75) is 24.9 Å². The zero-order valence-corrected chi connectivity index (χ0v) is 10.6. The molecule has 1 aromatic rings. The van der Waals surface area contributed by atoms with Crippen molar-refractivity contribution in [3.05, 3.63) is 29.0 Å². The second-order valence-corrected chi connectivity index (χ2v) is 5.26. The van der Waals surface area contributed by atoms with E-state index in [1.165, 1.54) is 0 Å². The highest BCUT2D eigenvalue weighted by atomic mass is 35.5. The highest BCUT2D eigenvalue weighted by molar-refractivity contribution is 7.77. The molecule has 0 spiro atoms. The van der Waals surface area contributed by atoms with Gasteiger partial charge in [-0.15, -0.1) is 0 Å². The molecule has 3 nitrogen and oxygen atoms in total. The number of hydrogen-bond acceptors (Lipinski definition) is 4. The second kappa shape index (κ2) is 4.92. The van der Waals surface area contributed by atoms with Gasteiger partial charge in [0.25, 0.3) is 0 Å². The number of hydrogen-bond donors (Lipinski definition) is 2. The summed E-state index contributed by atoms with van der Waals surface area (Å²) in [6.45, 7) is 1.59. The summed E-state index contributed by atoms with van der Waals surface area (Å²) in [4.78, 5) is 4.21. The van der Waals surface area contributed by atoms with Gasteiger partial charge in [-0.05, 0) is 25.0 Å². The van der Waals surface area contributed by atoms with Crippen LogP contribution in [0.3, 0.4) is 0 Å². The summed E-state index contributed by atoms with van der Waals surface area (Å²) in [5.74, 6) is 0. The zero-order valence-electron chi connectivity index (χ0n) is 8.93. The predicted octanol–water partition coefficient (Wildman–Crippen LogP) is 1.95. The van der Waals surface area contributed by atoms with Crippen LogP contribution in [-0.4, -0.2) is 33.1 Å². The number of thiol groups is 1. The molecule has 0 aliphatic carbocycles. The number of aromatic nitrogens is 1. The van der Waals surface area contributed by atoms with Gasteiger partial charge in [0.2, 0.25) is 0 Å². The Bertz CT molecular complexity index is 367. The van der Waals surface area contributed by atoms with Gasteiger partial charge < -0.3 is 5.11 Å². The first-order valence-corrected chi connectivity index (χ1v) is 6.12. The van der Waals surface area contributed by atoms with E-state index in [-0.39, 0.29) is 0 Å². The number of piperidine rings is 1. The number of pyridine rings is 1. The van der Waals surface area contributed by atoms with Gasteiger partial charge in [-0.2, -0.15) is 0 Å². The molecule has 0 radical (unpaired) electrons. The molecule has 0 atom stereocenters. The van der Waals surface area contributed by atoms with Crippen LogP contribution in [0.5, 0.6) is 0 Å². The van der Waals surface area contributed by atoms with E-state index in [0.717, 1.165) is 18.8 Å². The van der Waals surface area contributed by atoms with Crippen LogP contribution in [0.25, 0.3) is 0 Å². The van der Waals surface area contributed by atoms with E-state index in [2.05, 4.69) is 17.8 Å². The van der Waals surface area contributed by atoms with Gasteiger partial charge in [0, 0.05) is 25.7 Å². The molecule has 1 N–H and O–H groups in total. The molecule has 88 valence electrons. The Balaban J connectivity index is 2.07. The van der Waals surface area contributed by atoms with Crippen molar-refractivity contribution in [1.29, 1.82) is 0 Å². The largest absolute Gasteiger partial charge is 0.389 e. The monoisotopic (exact) mass is 258 g/mol. The molecule has 2 heterocycles. The van der Waals surface area contributed by atoms with Crippen LogP contribution >= 0.6 is 24.4 Å². The molecule has 2 rings (SSSR count). The Kier molecular flexibility index (Phi) is 3.74. The third-order valence-corrected chi connectivity index (χ3v) is 3.75. The molecular formula is C11H15ClN2OS. The van der Waals surface area contributed by atoms with Crippen LogP contribution < -0.4 is 0 Å². The fourth-order valence-electron chi connectivity index (χ4n) is 1.95. The van der Waals surface area contributed by atoms with E-state index >= 15 is 0 Å². The van der Waals surface area contributed by atoms with Gasteiger partial charge in [0.05, 0.1) is 16.3 Å². The van der Waals surface area contributed by atoms with Crippen molar-refractivity contribution < 1.29 is 5.11 Å². The maximum absolute atomic E-state index is 10.4. The highest BCUT2D eigenvalue weighted by Crippen LogP contribution is 2.28. The topological polar surface area (TPSA) is 36.4 Å². The number of rotatable bonds is 2. The van der Waals surface area contributed by atoms with Gasteiger partial charge in [0.15, 0.2) is 0 Å². The lowest BCUT2D eigenvalue weighted by atomic mass is 9.87. The lowest BCUT2D eigenvalue weighted by molar-refractivity contribution is -0.00327. The average Bonchev–Trinajstić information content (AvgIpc) is 2.27. The molecule has 1 aliphatic rings. The molecule has 0 amide bonds. The quantitative estimate of drug-likeness (QED) is 0.796. The maximum Gasteiger partial charge on any atom is 0.0728 e. The van der Waals surface area contributed by atoms with E-state index in [1.807, 2.05) is 4.31 Å². The molecule has 0 aromatic carbocycles. The van der Waals surface area contributed by atoms with E-state index in [9.17, 15) is 5.11 Å². The van der Waals surface area contributed by atoms with Gasteiger partial charge in [0.1, 0.15) is 0 Å². The van der Waals surface area contributed by atoms with Crippen LogP contribution in [0.4, 0.5) is 0 Å². The minimum atomic E-state index is -0.683. The fraction of sp³-hybridized carbons (Fsp3) is 0.545. The van der Waals surface area contributed by atoms with Crippen LogP contribution in [-0.2, 0) is 6.42 Å². The van der Waals surface area contributed by atoms with E-state index < -0.39 is 5.60 Å². The molecule has 0 saturated carbocycles. The summed E-state index contributed by atoms with van der Waals surface area (Å²) in [6, 6.07) is 3.60. The Morgan fingerprint density at radius 3 is 2.81 bits per heavy atom. The van der Waals surface area contributed by atoms with Crippen molar-refractivity contribution in [2.75, 3.05) is 13.1 Å². The van der Waals surface area contributed by atoms with Crippen LogP contribution in [0.2, 0.25) is 5.02 Å². The van der Waals surface area contributed by atoms with Crippen LogP contribution in [0.15, 0.2) is 18.3 Å². The smallest absolute Gasteiger partial charge is 0.0728 e. The first-order chi connectivity index (χ1) is 7.59. The van der Waals surface area contributed by atoms with Crippen molar-refractivity contribution >= 4 is 24.4 Å². The molecule has 16 heavy (non-hydrogen) atoms. The van der Waals surface area contributed by atoms with Gasteiger partial charge in [-0.3, -0.25) is 9.29 Å². The van der Waals surface area contributed by atoms with Crippen LogP contribution in [0.1, 0.15) is 18.5 Å². The third kappa shape index (κ3) is 2.88. The van der Waals surface area contributed by atoms with E-state index in [4.69, 9.17) is 11.6 Å². The standard InChI is InChI=1S/C11H15ClN2OS/c12-9-2-1-5-13-10(9)8-11(15)3-6-14(16)7-4-11/h1-2,5,15-16H,3-4,6-8H2. The first-order valence-electron chi connectivity index (χ1n) is 5.35. The minimum absolute atomic E-state index is 0.522. The Labute approximate surface area is 106 Å². The average molecular weight is 259 g/mol. The Morgan fingerprint density at radius 2 is 2.19 bits per heavy atom. The van der Waals surface area contributed by atoms with Crippen LogP contribution in [0, 0.1) is 0 Å². The van der Waals surface area contributed by atoms with Crippen molar-refractivity contribution in [3.63, 3.8) is 0 Å². The van der Waals surface area contributed by atoms with E-state index in [1.54, 1.807) is 18.3 Å². The van der Waals surface area contributed by atoms with Crippen molar-refractivity contribution in [1.82, 2.24) is 9.29 Å². The third-order valence-electron chi connectivity index (χ3n) is 3.00. The summed E-state index contributed by atoms with van der Waals surface area (Å²) in [7, 11) is 0. The molecule has 1 saturated heterocycles. The summed E-state index contributed by atoms with van der Waals surface area (Å²) in [5.41, 5.74) is 0.0938. The lowest BCUT2D eigenvalue weighted by Gasteiger charge is -2.35. The zero-order chi connectivity index (χ0) is 11.6. The summed E-state index contributed by atoms with van der Waals surface area (Å²) in [5, 5.41) is 11.0. The SMILES string of the molecule is OC1(Cc2ncccc2Cl)CCN(S)CC1. The summed E-state index contributed by atoms with van der Waals surface area (Å²) in [6.07, 6.45) is 3.65. The highest BCUT2D eigenvalue weighted by Gasteiger charge is 2.32. The maximum atomic E-state index is 10.4. The van der Waals surface area contributed by atoms with Crippen molar-refractivity contribution in [3.8, 4) is 0 Å². The van der Waals surface area contributed by atoms with Gasteiger partial charge in [-0.25, -0.2) is 0 Å².